The molecule has 2 amide bonds. The van der Waals surface area contributed by atoms with Gasteiger partial charge >= 0.3 is 11.9 Å². The SMILES string of the molecule is C[C@H](N[C@@H](CCc1ccc(NC(=O)c2ccc(Cl)c(S(N)(=O)=O)c2)cc1)C(=O)O)C(=O)N1CC2(CC1C(=O)O)SCCS2. The molecule has 232 valence electrons. The molecular weight excluding hydrogens is 640 g/mol. The van der Waals surface area contributed by atoms with Crippen LogP contribution in [0.25, 0.3) is 0 Å². The molecule has 0 radical (unpaired) electrons. The highest BCUT2D eigenvalue weighted by Crippen LogP contribution is 2.51. The number of aliphatic carboxylic acids is 2. The molecule has 2 saturated heterocycles. The average molecular weight is 671 g/mol. The number of nitrogens with two attached hydrogens (primary N) is 1. The van der Waals surface area contributed by atoms with E-state index in [0.29, 0.717) is 25.1 Å². The Kier molecular flexibility index (Phi) is 10.3. The largest absolute Gasteiger partial charge is 0.480 e. The molecule has 43 heavy (non-hydrogen) atoms. The predicted molar refractivity (Wildman–Crippen MR) is 165 cm³/mol. The number of primary sulfonamides is 1. The van der Waals surface area contributed by atoms with Crippen molar-refractivity contribution >= 4 is 74.6 Å². The first-order valence-electron chi connectivity index (χ1n) is 13.2. The molecule has 4 rings (SSSR count). The smallest absolute Gasteiger partial charge is 0.326 e. The fourth-order valence-corrected chi connectivity index (χ4v) is 9.36. The van der Waals surface area contributed by atoms with Gasteiger partial charge in [-0.25, -0.2) is 18.4 Å². The van der Waals surface area contributed by atoms with Crippen LogP contribution in [-0.2, 0) is 30.8 Å². The molecule has 2 aliphatic rings. The summed E-state index contributed by atoms with van der Waals surface area (Å²) in [5.74, 6) is -1.44. The van der Waals surface area contributed by atoms with Gasteiger partial charge in [-0.05, 0) is 55.7 Å². The number of sulfonamides is 1. The van der Waals surface area contributed by atoms with Gasteiger partial charge in [-0.1, -0.05) is 23.7 Å². The van der Waals surface area contributed by atoms with Gasteiger partial charge in [0, 0.05) is 35.7 Å². The van der Waals surface area contributed by atoms with Crippen LogP contribution >= 0.6 is 35.1 Å². The van der Waals surface area contributed by atoms with Crippen LogP contribution in [0, 0.1) is 0 Å². The summed E-state index contributed by atoms with van der Waals surface area (Å²) in [6.45, 7) is 1.84. The van der Waals surface area contributed by atoms with Crippen LogP contribution in [0.4, 0.5) is 5.69 Å². The number of hydrogen-bond donors (Lipinski definition) is 5. The van der Waals surface area contributed by atoms with Crippen molar-refractivity contribution in [2.24, 2.45) is 5.14 Å². The summed E-state index contributed by atoms with van der Waals surface area (Å²) in [6.07, 6.45) is 0.842. The van der Waals surface area contributed by atoms with Crippen LogP contribution in [0.5, 0.6) is 0 Å². The average Bonchev–Trinajstić information content (AvgIpc) is 3.57. The van der Waals surface area contributed by atoms with Crippen molar-refractivity contribution in [2.75, 3.05) is 23.4 Å². The number of nitrogens with zero attached hydrogens (tertiary/aromatic N) is 1. The molecule has 0 bridgehead atoms. The molecular formula is C27H31ClN4O8S3. The van der Waals surface area contributed by atoms with E-state index in [1.165, 1.54) is 17.0 Å². The van der Waals surface area contributed by atoms with Gasteiger partial charge in [0.05, 0.1) is 15.1 Å². The van der Waals surface area contributed by atoms with Crippen LogP contribution in [0.15, 0.2) is 47.4 Å². The van der Waals surface area contributed by atoms with Crippen LogP contribution in [-0.4, -0.2) is 87.5 Å². The molecule has 2 fully saturated rings. The minimum atomic E-state index is -4.12. The van der Waals surface area contributed by atoms with Crippen molar-refractivity contribution in [3.8, 4) is 0 Å². The normalized spacial score (nSPS) is 19.2. The van der Waals surface area contributed by atoms with E-state index in [2.05, 4.69) is 10.6 Å². The lowest BCUT2D eigenvalue weighted by molar-refractivity contribution is -0.149. The molecule has 2 aliphatic heterocycles. The quantitative estimate of drug-likeness (QED) is 0.236. The highest BCUT2D eigenvalue weighted by atomic mass is 35.5. The van der Waals surface area contributed by atoms with Crippen molar-refractivity contribution in [2.45, 2.75) is 53.3 Å². The summed E-state index contributed by atoms with van der Waals surface area (Å²) < 4.78 is 23.1. The fourth-order valence-electron chi connectivity index (χ4n) is 5.03. The lowest BCUT2D eigenvalue weighted by Gasteiger charge is -2.28. The summed E-state index contributed by atoms with van der Waals surface area (Å²) in [4.78, 5) is 50.8. The Bertz CT molecular complexity index is 1520. The molecule has 0 saturated carbocycles. The summed E-state index contributed by atoms with van der Waals surface area (Å²) in [7, 11) is -4.12. The number of hydrogen-bond acceptors (Lipinski definition) is 9. The molecule has 1 spiro atoms. The molecule has 0 aromatic heterocycles. The Hall–Kier alpha value is -2.82. The number of likely N-dealkylation sites (tertiary alicyclic amines) is 1. The predicted octanol–water partition coefficient (Wildman–Crippen LogP) is 2.47. The monoisotopic (exact) mass is 670 g/mol. The number of thioether (sulfide) groups is 2. The number of anilines is 1. The van der Waals surface area contributed by atoms with Gasteiger partial charge in [0.1, 0.15) is 17.0 Å². The number of benzene rings is 2. The number of carbonyl (C=O) groups is 4. The first-order chi connectivity index (χ1) is 20.2. The molecule has 16 heteroatoms. The Morgan fingerprint density at radius 2 is 1.77 bits per heavy atom. The van der Waals surface area contributed by atoms with E-state index in [-0.39, 0.29) is 26.0 Å². The van der Waals surface area contributed by atoms with Gasteiger partial charge in [0.2, 0.25) is 15.9 Å². The number of carbonyl (C=O) groups excluding carboxylic acids is 2. The highest BCUT2D eigenvalue weighted by Gasteiger charge is 2.52. The van der Waals surface area contributed by atoms with E-state index in [0.717, 1.165) is 23.1 Å². The summed E-state index contributed by atoms with van der Waals surface area (Å²) in [6, 6.07) is 7.44. The van der Waals surface area contributed by atoms with E-state index < -0.39 is 51.9 Å². The number of amides is 2. The number of aryl methyl sites for hydroxylation is 1. The zero-order valence-corrected chi connectivity index (χ0v) is 26.2. The van der Waals surface area contributed by atoms with Crippen LogP contribution in [0.3, 0.4) is 0 Å². The first-order valence-corrected chi connectivity index (χ1v) is 17.1. The molecule has 0 aliphatic carbocycles. The van der Waals surface area contributed by atoms with Gasteiger partial charge in [-0.15, -0.1) is 23.5 Å². The minimum absolute atomic E-state index is 0.0380. The molecule has 12 nitrogen and oxygen atoms in total. The van der Waals surface area contributed by atoms with Crippen molar-refractivity contribution in [3.05, 3.63) is 58.6 Å². The molecule has 2 aromatic rings. The van der Waals surface area contributed by atoms with E-state index in [4.69, 9.17) is 16.7 Å². The molecule has 2 heterocycles. The van der Waals surface area contributed by atoms with E-state index in [1.54, 1.807) is 54.7 Å². The standard InChI is InChI=1S/C27H31ClN4O8S3/c1-15(24(34)32-14-27(41-10-11-42-27)13-21(32)26(37)38)30-20(25(35)36)9-4-16-2-6-18(7-3-16)31-23(33)17-5-8-19(28)22(12-17)43(29,39)40/h2-3,5-8,12,15,20-21,30H,4,9-11,13-14H2,1H3,(H,31,33)(H,35,36)(H,37,38)(H2,29,39,40)/t15-,20-,21?/m0/s1. The zero-order valence-electron chi connectivity index (χ0n) is 23.0. The van der Waals surface area contributed by atoms with E-state index >= 15 is 0 Å². The van der Waals surface area contributed by atoms with Crippen LogP contribution in [0.1, 0.15) is 35.7 Å². The Morgan fingerprint density at radius 1 is 1.12 bits per heavy atom. The Labute approximate surface area is 262 Å². The maximum Gasteiger partial charge on any atom is 0.326 e. The number of carboxylic acids is 2. The second-order valence-corrected chi connectivity index (χ2v) is 15.4. The number of carboxylic acid groups (broad SMARTS) is 2. The maximum atomic E-state index is 13.3. The third-order valence-corrected chi connectivity index (χ3v) is 12.0. The number of halogens is 1. The second kappa shape index (κ2) is 13.4. The minimum Gasteiger partial charge on any atom is -0.480 e. The van der Waals surface area contributed by atoms with Crippen molar-refractivity contribution in [1.82, 2.24) is 10.2 Å². The lowest BCUT2D eigenvalue weighted by Crippen LogP contribution is -2.53. The summed E-state index contributed by atoms with van der Waals surface area (Å²) in [5, 5.41) is 30.1. The molecule has 1 unspecified atom stereocenters. The molecule has 2 aromatic carbocycles. The fraction of sp³-hybridized carbons (Fsp3) is 0.407. The van der Waals surface area contributed by atoms with E-state index in [1.807, 2.05) is 0 Å². The lowest BCUT2D eigenvalue weighted by atomic mass is 10.0. The number of nitrogens with one attached hydrogen (secondary N) is 2. The number of rotatable bonds is 11. The van der Waals surface area contributed by atoms with E-state index in [9.17, 15) is 37.8 Å². The third kappa shape index (κ3) is 8.02. The van der Waals surface area contributed by atoms with Crippen molar-refractivity contribution in [1.29, 1.82) is 0 Å². The highest BCUT2D eigenvalue weighted by molar-refractivity contribution is 8.21. The zero-order chi connectivity index (χ0) is 31.5. The van der Waals surface area contributed by atoms with Gasteiger partial charge in [0.25, 0.3) is 5.91 Å². The van der Waals surface area contributed by atoms with Crippen LogP contribution < -0.4 is 15.8 Å². The summed E-state index contributed by atoms with van der Waals surface area (Å²) >= 11 is 9.22. The van der Waals surface area contributed by atoms with Crippen molar-refractivity contribution < 1.29 is 37.8 Å². The summed E-state index contributed by atoms with van der Waals surface area (Å²) in [5.41, 5.74) is 1.23. The topological polar surface area (TPSA) is 196 Å². The van der Waals surface area contributed by atoms with Gasteiger partial charge in [-0.2, -0.15) is 0 Å². The molecule has 6 N–H and O–H groups in total. The first kappa shape index (κ1) is 33.1. The third-order valence-electron chi connectivity index (χ3n) is 7.23. The van der Waals surface area contributed by atoms with Crippen molar-refractivity contribution in [3.63, 3.8) is 0 Å². The maximum absolute atomic E-state index is 13.3. The second-order valence-electron chi connectivity index (χ2n) is 10.3. The molecule has 3 atom stereocenters. The Balaban J connectivity index is 1.34. The van der Waals surface area contributed by atoms with Crippen LogP contribution in [0.2, 0.25) is 5.02 Å². The van der Waals surface area contributed by atoms with Gasteiger partial charge in [0.15, 0.2) is 0 Å². The Morgan fingerprint density at radius 3 is 2.35 bits per heavy atom. The van der Waals surface area contributed by atoms with Gasteiger partial charge < -0.3 is 20.4 Å². The van der Waals surface area contributed by atoms with Gasteiger partial charge in [-0.3, -0.25) is 19.7 Å².